The Morgan fingerprint density at radius 2 is 2.50 bits per heavy atom. The van der Waals surface area contributed by atoms with E-state index < -0.39 is 0 Å². The summed E-state index contributed by atoms with van der Waals surface area (Å²) in [5.74, 6) is 0. The van der Waals surface area contributed by atoms with Crippen LogP contribution in [0.4, 0.5) is 0 Å². The third-order valence-electron chi connectivity index (χ3n) is 0.780. The Hall–Kier alpha value is 0.137. The van der Waals surface area contributed by atoms with E-state index in [1.807, 2.05) is 0 Å². The zero-order valence-corrected chi connectivity index (χ0v) is 4.62. The van der Waals surface area contributed by atoms with Gasteiger partial charge in [-0.25, -0.2) is 0 Å². The van der Waals surface area contributed by atoms with Crippen molar-refractivity contribution in [2.24, 2.45) is 0 Å². The van der Waals surface area contributed by atoms with E-state index >= 15 is 0 Å². The summed E-state index contributed by atoms with van der Waals surface area (Å²) >= 11 is 0. The van der Waals surface area contributed by atoms with Gasteiger partial charge in [0.2, 0.25) is 0 Å². The van der Waals surface area contributed by atoms with Crippen molar-refractivity contribution in [3.8, 4) is 0 Å². The third kappa shape index (κ3) is 1.08. The van der Waals surface area contributed by atoms with Crippen LogP contribution in [0.25, 0.3) is 0 Å². The molecule has 0 aromatic heterocycles. The fraction of sp³-hybridized carbons (Fsp3) is 1.00. The molecule has 1 aliphatic heterocycles. The fourth-order valence-electron chi connectivity index (χ4n) is 0.453. The van der Waals surface area contributed by atoms with Crippen LogP contribution >= 0.6 is 0 Å². The summed E-state index contributed by atoms with van der Waals surface area (Å²) in [5.41, 5.74) is 3.05. The SMILES string of the molecule is C1CNN[Si]C1. The second-order valence-corrected chi connectivity index (χ2v) is 2.44. The molecule has 1 aliphatic rings. The van der Waals surface area contributed by atoms with Gasteiger partial charge in [-0.2, -0.15) is 0 Å². The van der Waals surface area contributed by atoms with Gasteiger partial charge >= 0.3 is 0 Å². The Morgan fingerprint density at radius 3 is 2.67 bits per heavy atom. The van der Waals surface area contributed by atoms with Gasteiger partial charge < -0.3 is 0 Å². The molecule has 2 radical (unpaired) electrons. The number of hydrogen-bond acceptors (Lipinski definition) is 2. The van der Waals surface area contributed by atoms with Crippen LogP contribution in [0.5, 0.6) is 0 Å². The molecular formula is C3H8N2Si. The van der Waals surface area contributed by atoms with Crippen molar-refractivity contribution in [1.82, 2.24) is 10.5 Å². The molecule has 0 bridgehead atoms. The average Bonchev–Trinajstić information content (AvgIpc) is 1.72. The highest BCUT2D eigenvalue weighted by Gasteiger charge is 1.94. The van der Waals surface area contributed by atoms with E-state index in [4.69, 9.17) is 0 Å². The summed E-state index contributed by atoms with van der Waals surface area (Å²) in [5, 5.41) is 3.06. The van der Waals surface area contributed by atoms with Crippen LogP contribution in [0.15, 0.2) is 0 Å². The number of rotatable bonds is 0. The molecule has 2 nitrogen and oxygen atoms in total. The van der Waals surface area contributed by atoms with Crippen molar-refractivity contribution in [3.05, 3.63) is 0 Å². The Morgan fingerprint density at radius 1 is 1.50 bits per heavy atom. The first-order valence-electron chi connectivity index (χ1n) is 2.21. The minimum absolute atomic E-state index is 0.941. The van der Waals surface area contributed by atoms with Gasteiger partial charge in [0.1, 0.15) is 0 Å². The quantitative estimate of drug-likeness (QED) is 0.402. The summed E-state index contributed by atoms with van der Waals surface area (Å²) in [7, 11) is 0.941. The van der Waals surface area contributed by atoms with E-state index in [0.717, 1.165) is 16.2 Å². The molecule has 1 rings (SSSR count). The molecule has 1 heterocycles. The van der Waals surface area contributed by atoms with Gasteiger partial charge in [0.25, 0.3) is 0 Å². The van der Waals surface area contributed by atoms with E-state index in [2.05, 4.69) is 10.5 Å². The van der Waals surface area contributed by atoms with Crippen LogP contribution in [-0.2, 0) is 0 Å². The second kappa shape index (κ2) is 2.33. The molecule has 0 spiro atoms. The topological polar surface area (TPSA) is 24.1 Å². The van der Waals surface area contributed by atoms with Crippen LogP contribution in [0.2, 0.25) is 6.04 Å². The van der Waals surface area contributed by atoms with Gasteiger partial charge in [-0.1, -0.05) is 0 Å². The molecule has 0 amide bonds. The predicted molar refractivity (Wildman–Crippen MR) is 26.3 cm³/mol. The van der Waals surface area contributed by atoms with E-state index in [0.29, 0.717) is 0 Å². The highest BCUT2D eigenvalue weighted by molar-refractivity contribution is 6.32. The molecule has 1 fully saturated rings. The lowest BCUT2D eigenvalue weighted by molar-refractivity contribution is 0.619. The van der Waals surface area contributed by atoms with Gasteiger partial charge in [0, 0.05) is 6.54 Å². The molecule has 3 heteroatoms. The maximum Gasteiger partial charge on any atom is 0.158 e. The first-order valence-corrected chi connectivity index (χ1v) is 3.41. The summed E-state index contributed by atoms with van der Waals surface area (Å²) < 4.78 is 0. The largest absolute Gasteiger partial charge is 0.281 e. The smallest absolute Gasteiger partial charge is 0.158 e. The molecule has 0 aromatic rings. The molecule has 0 unspecified atom stereocenters. The summed E-state index contributed by atoms with van der Waals surface area (Å²) in [4.78, 5) is 0. The molecule has 0 aliphatic carbocycles. The maximum atomic E-state index is 3.06. The van der Waals surface area contributed by atoms with Crippen LogP contribution in [0.1, 0.15) is 6.42 Å². The first-order chi connectivity index (χ1) is 3.00. The van der Waals surface area contributed by atoms with E-state index in [1.54, 1.807) is 0 Å². The van der Waals surface area contributed by atoms with Crippen molar-refractivity contribution in [3.63, 3.8) is 0 Å². The first kappa shape index (κ1) is 4.30. The molecule has 6 heavy (non-hydrogen) atoms. The van der Waals surface area contributed by atoms with Gasteiger partial charge in [-0.15, -0.1) is 0 Å². The highest BCUT2D eigenvalue weighted by Crippen LogP contribution is 1.85. The van der Waals surface area contributed by atoms with Gasteiger partial charge in [0.05, 0.1) is 0 Å². The number of hydrogen-bond donors (Lipinski definition) is 2. The zero-order valence-electron chi connectivity index (χ0n) is 3.62. The molecule has 0 atom stereocenters. The monoisotopic (exact) mass is 100 g/mol. The summed E-state index contributed by atoms with van der Waals surface area (Å²) in [6.07, 6.45) is 1.34. The minimum Gasteiger partial charge on any atom is -0.281 e. The Labute approximate surface area is 40.2 Å². The van der Waals surface area contributed by atoms with Crippen molar-refractivity contribution >= 4 is 9.68 Å². The van der Waals surface area contributed by atoms with E-state index in [1.165, 1.54) is 12.5 Å². The van der Waals surface area contributed by atoms with Crippen LogP contribution in [-0.4, -0.2) is 16.2 Å². The Kier molecular flexibility index (Phi) is 1.67. The molecule has 2 N–H and O–H groups in total. The summed E-state index contributed by atoms with van der Waals surface area (Å²) in [6.45, 7) is 1.15. The number of nitrogens with one attached hydrogen (secondary N) is 2. The highest BCUT2D eigenvalue weighted by atomic mass is 28.2. The standard InChI is InChI=1S/C3H8N2Si/c1-2-4-5-6-3-1/h4-5H,1-3H2. The Bertz CT molecular complexity index is 24.3. The second-order valence-electron chi connectivity index (χ2n) is 1.33. The van der Waals surface area contributed by atoms with Crippen molar-refractivity contribution in [2.45, 2.75) is 12.5 Å². The molecular weight excluding hydrogens is 92.1 g/mol. The van der Waals surface area contributed by atoms with E-state index in [-0.39, 0.29) is 0 Å². The molecule has 34 valence electrons. The van der Waals surface area contributed by atoms with Crippen LogP contribution in [0.3, 0.4) is 0 Å². The zero-order chi connectivity index (χ0) is 4.24. The van der Waals surface area contributed by atoms with Gasteiger partial charge in [-0.05, 0) is 12.5 Å². The molecule has 1 saturated heterocycles. The van der Waals surface area contributed by atoms with Crippen molar-refractivity contribution in [2.75, 3.05) is 6.54 Å². The lowest BCUT2D eigenvalue weighted by Crippen LogP contribution is -2.39. The fourth-order valence-corrected chi connectivity index (χ4v) is 1.18. The Balaban J connectivity index is 2.00. The molecule has 0 aromatic carbocycles. The van der Waals surface area contributed by atoms with Gasteiger partial charge in [0.15, 0.2) is 9.68 Å². The van der Waals surface area contributed by atoms with Crippen LogP contribution < -0.4 is 10.5 Å². The maximum absolute atomic E-state index is 3.06. The number of hydrazine groups is 1. The van der Waals surface area contributed by atoms with Crippen molar-refractivity contribution in [1.29, 1.82) is 0 Å². The minimum atomic E-state index is 0.941. The third-order valence-corrected chi connectivity index (χ3v) is 1.74. The summed E-state index contributed by atoms with van der Waals surface area (Å²) in [6, 6.07) is 1.35. The lowest BCUT2D eigenvalue weighted by Gasteiger charge is -2.09. The van der Waals surface area contributed by atoms with Crippen molar-refractivity contribution < 1.29 is 0 Å². The van der Waals surface area contributed by atoms with E-state index in [9.17, 15) is 0 Å². The van der Waals surface area contributed by atoms with Crippen LogP contribution in [0, 0.1) is 0 Å². The van der Waals surface area contributed by atoms with Gasteiger partial charge in [-0.3, -0.25) is 10.5 Å². The lowest BCUT2D eigenvalue weighted by atomic mass is 10.5. The normalized spacial score (nSPS) is 24.0. The predicted octanol–water partition coefficient (Wildman–Crippen LogP) is -0.478. The molecule has 0 saturated carbocycles. The average molecular weight is 100 g/mol.